The number of carbonyl (C=O) groups excluding carboxylic acids is 1. The second-order valence-electron chi connectivity index (χ2n) is 4.61. The molecule has 2 aliphatic rings. The summed E-state index contributed by atoms with van der Waals surface area (Å²) in [6.07, 6.45) is 2.68. The minimum atomic E-state index is -0.735. The zero-order valence-electron chi connectivity index (χ0n) is 10.1. The van der Waals surface area contributed by atoms with Crippen LogP contribution in [-0.4, -0.2) is 44.3 Å². The smallest absolute Gasteiger partial charge is 0.168 e. The minimum Gasteiger partial charge on any atom is -0.388 e. The lowest BCUT2D eigenvalue weighted by Crippen LogP contribution is -2.44. The number of carbonyl (C=O) groups is 1. The molecule has 5 heteroatoms. The molecule has 1 spiro atoms. The number of aliphatic hydroxyl groups is 1. The van der Waals surface area contributed by atoms with Crippen LogP contribution in [-0.2, 0) is 19.0 Å². The van der Waals surface area contributed by atoms with Crippen molar-refractivity contribution in [2.45, 2.75) is 37.9 Å². The molecule has 0 amide bonds. The monoisotopic (exact) mass is 242 g/mol. The number of hydrogen-bond donors (Lipinski definition) is 1. The van der Waals surface area contributed by atoms with Gasteiger partial charge in [0.25, 0.3) is 0 Å². The average Bonchev–Trinajstić information content (AvgIpc) is 2.72. The number of methoxy groups -OCH3 is 2. The van der Waals surface area contributed by atoms with Crippen LogP contribution >= 0.6 is 0 Å². The first-order valence-corrected chi connectivity index (χ1v) is 5.71. The molecule has 1 fully saturated rings. The fourth-order valence-electron chi connectivity index (χ4n) is 2.71. The van der Waals surface area contributed by atoms with E-state index in [0.717, 1.165) is 6.29 Å². The Bertz CT molecular complexity index is 327. The highest BCUT2D eigenvalue weighted by atomic mass is 16.8. The Labute approximate surface area is 100 Å². The van der Waals surface area contributed by atoms with E-state index in [1.165, 1.54) is 0 Å². The highest BCUT2D eigenvalue weighted by Crippen LogP contribution is 2.49. The first-order chi connectivity index (χ1) is 8.16. The van der Waals surface area contributed by atoms with E-state index in [0.29, 0.717) is 24.8 Å². The van der Waals surface area contributed by atoms with E-state index in [-0.39, 0.29) is 6.29 Å². The van der Waals surface area contributed by atoms with E-state index >= 15 is 0 Å². The summed E-state index contributed by atoms with van der Waals surface area (Å²) in [4.78, 5) is 10.7. The number of hydrogen-bond acceptors (Lipinski definition) is 5. The quantitative estimate of drug-likeness (QED) is 0.735. The van der Waals surface area contributed by atoms with Crippen molar-refractivity contribution < 1.29 is 24.1 Å². The van der Waals surface area contributed by atoms with Crippen molar-refractivity contribution in [1.29, 1.82) is 0 Å². The summed E-state index contributed by atoms with van der Waals surface area (Å²) in [6, 6.07) is 0. The van der Waals surface area contributed by atoms with Crippen LogP contribution in [0, 0.1) is 5.41 Å². The summed E-state index contributed by atoms with van der Waals surface area (Å²) in [5, 5.41) is 10.2. The van der Waals surface area contributed by atoms with Crippen LogP contribution in [0.15, 0.2) is 11.6 Å². The van der Waals surface area contributed by atoms with E-state index in [4.69, 9.17) is 14.2 Å². The summed E-state index contributed by atoms with van der Waals surface area (Å²) in [5.74, 6) is 0. The molecule has 0 aromatic heterocycles. The molecule has 1 aliphatic carbocycles. The Hall–Kier alpha value is -0.750. The molecular formula is C12H18O5. The van der Waals surface area contributed by atoms with Gasteiger partial charge in [0.15, 0.2) is 12.6 Å². The van der Waals surface area contributed by atoms with Gasteiger partial charge < -0.3 is 19.3 Å². The standard InChI is InChI=1S/C12H18O5/c1-15-10-6-12(11(16-2)17-10)4-3-8(7-13)5-9(12)14/h5,7,9-11,14H,3-4,6H2,1-2H3/t9-,10-,11+,12-/m0/s1. The SMILES string of the molecule is CO[C@@H]1C[C@]2(CCC(C=O)=C[C@@H]2O)[C@H](OC)O1. The molecule has 2 rings (SSSR count). The fraction of sp³-hybridized carbons (Fsp3) is 0.750. The van der Waals surface area contributed by atoms with E-state index in [1.54, 1.807) is 20.3 Å². The zero-order valence-corrected chi connectivity index (χ0v) is 10.1. The van der Waals surface area contributed by atoms with Gasteiger partial charge in [0, 0.05) is 20.6 Å². The Morgan fingerprint density at radius 3 is 2.82 bits per heavy atom. The summed E-state index contributed by atoms with van der Waals surface area (Å²) in [5.41, 5.74) is 0.140. The maximum absolute atomic E-state index is 10.7. The second-order valence-corrected chi connectivity index (χ2v) is 4.61. The molecular weight excluding hydrogens is 224 g/mol. The predicted octanol–water partition coefficient (Wildman–Crippen LogP) is 0.618. The van der Waals surface area contributed by atoms with Crippen LogP contribution in [0.25, 0.3) is 0 Å². The van der Waals surface area contributed by atoms with Gasteiger partial charge in [0.2, 0.25) is 0 Å². The zero-order chi connectivity index (χ0) is 12.5. The molecule has 0 radical (unpaired) electrons. The van der Waals surface area contributed by atoms with Gasteiger partial charge >= 0.3 is 0 Å². The second kappa shape index (κ2) is 4.86. The van der Waals surface area contributed by atoms with Crippen molar-refractivity contribution in [3.8, 4) is 0 Å². The van der Waals surface area contributed by atoms with Gasteiger partial charge in [0.05, 0.1) is 11.5 Å². The lowest BCUT2D eigenvalue weighted by molar-refractivity contribution is -0.214. The normalized spacial score (nSPS) is 41.6. The molecule has 0 saturated carbocycles. The molecule has 0 bridgehead atoms. The minimum absolute atomic E-state index is 0.360. The molecule has 0 unspecified atom stereocenters. The topological polar surface area (TPSA) is 65.0 Å². The van der Waals surface area contributed by atoms with Crippen LogP contribution in [0.3, 0.4) is 0 Å². The van der Waals surface area contributed by atoms with Crippen molar-refractivity contribution in [2.75, 3.05) is 14.2 Å². The van der Waals surface area contributed by atoms with Crippen molar-refractivity contribution >= 4 is 6.29 Å². The maximum Gasteiger partial charge on any atom is 0.168 e. The fourth-order valence-corrected chi connectivity index (χ4v) is 2.71. The Kier molecular flexibility index (Phi) is 3.63. The largest absolute Gasteiger partial charge is 0.388 e. The van der Waals surface area contributed by atoms with Crippen LogP contribution in [0.1, 0.15) is 19.3 Å². The van der Waals surface area contributed by atoms with Gasteiger partial charge in [-0.1, -0.05) is 0 Å². The van der Waals surface area contributed by atoms with E-state index in [9.17, 15) is 9.90 Å². The average molecular weight is 242 g/mol. The van der Waals surface area contributed by atoms with Crippen LogP contribution < -0.4 is 0 Å². The van der Waals surface area contributed by atoms with Gasteiger partial charge in [0.1, 0.15) is 6.29 Å². The van der Waals surface area contributed by atoms with Gasteiger partial charge in [-0.25, -0.2) is 0 Å². The molecule has 0 aromatic carbocycles. The molecule has 0 aromatic rings. The molecule has 1 N–H and O–H groups in total. The molecule has 1 heterocycles. The third kappa shape index (κ3) is 2.04. The van der Waals surface area contributed by atoms with Gasteiger partial charge in [-0.2, -0.15) is 0 Å². The van der Waals surface area contributed by atoms with Crippen LogP contribution in [0.4, 0.5) is 0 Å². The molecule has 5 nitrogen and oxygen atoms in total. The van der Waals surface area contributed by atoms with Gasteiger partial charge in [-0.3, -0.25) is 4.79 Å². The van der Waals surface area contributed by atoms with Gasteiger partial charge in [-0.05, 0) is 24.5 Å². The van der Waals surface area contributed by atoms with Crippen molar-refractivity contribution in [1.82, 2.24) is 0 Å². The van der Waals surface area contributed by atoms with Crippen molar-refractivity contribution in [2.24, 2.45) is 5.41 Å². The number of rotatable bonds is 3. The van der Waals surface area contributed by atoms with Crippen molar-refractivity contribution in [3.05, 3.63) is 11.6 Å². The summed E-state index contributed by atoms with van der Waals surface area (Å²) in [7, 11) is 3.12. The van der Waals surface area contributed by atoms with Crippen molar-refractivity contribution in [3.63, 3.8) is 0 Å². The number of aliphatic hydroxyl groups excluding tert-OH is 1. The van der Waals surface area contributed by atoms with Crippen LogP contribution in [0.2, 0.25) is 0 Å². The van der Waals surface area contributed by atoms with E-state index in [1.807, 2.05) is 0 Å². The van der Waals surface area contributed by atoms with E-state index in [2.05, 4.69) is 0 Å². The third-order valence-electron chi connectivity index (χ3n) is 3.76. The first-order valence-electron chi connectivity index (χ1n) is 5.71. The molecule has 1 saturated heterocycles. The Morgan fingerprint density at radius 1 is 1.53 bits per heavy atom. The maximum atomic E-state index is 10.7. The summed E-state index contributed by atoms with van der Waals surface area (Å²) >= 11 is 0. The molecule has 96 valence electrons. The highest BCUT2D eigenvalue weighted by molar-refractivity contribution is 5.73. The predicted molar refractivity (Wildman–Crippen MR) is 59.1 cm³/mol. The van der Waals surface area contributed by atoms with Crippen LogP contribution in [0.5, 0.6) is 0 Å². The number of aldehydes is 1. The molecule has 1 aliphatic heterocycles. The number of ether oxygens (including phenoxy) is 3. The lowest BCUT2D eigenvalue weighted by atomic mass is 9.71. The summed E-state index contributed by atoms with van der Waals surface area (Å²) in [6.45, 7) is 0. The summed E-state index contributed by atoms with van der Waals surface area (Å²) < 4.78 is 16.0. The molecule has 4 atom stereocenters. The third-order valence-corrected chi connectivity index (χ3v) is 3.76. The molecule has 17 heavy (non-hydrogen) atoms. The Balaban J connectivity index is 2.24. The lowest BCUT2D eigenvalue weighted by Gasteiger charge is -2.38. The first kappa shape index (κ1) is 12.7. The highest BCUT2D eigenvalue weighted by Gasteiger charge is 2.54. The number of allylic oxidation sites excluding steroid dienone is 1. The van der Waals surface area contributed by atoms with E-state index < -0.39 is 17.8 Å². The Morgan fingerprint density at radius 2 is 2.29 bits per heavy atom. The van der Waals surface area contributed by atoms with Gasteiger partial charge in [-0.15, -0.1) is 0 Å².